The Morgan fingerprint density at radius 1 is 1.39 bits per heavy atom. The van der Waals surface area contributed by atoms with Crippen LogP contribution in [0.1, 0.15) is 25.1 Å². The molecule has 0 saturated carbocycles. The summed E-state index contributed by atoms with van der Waals surface area (Å²) in [5.74, 6) is 2.06. The molecule has 4 heteroatoms. The normalized spacial score (nSPS) is 17.4. The summed E-state index contributed by atoms with van der Waals surface area (Å²) in [5.41, 5.74) is 2.20. The number of pyridine rings is 1. The molecule has 2 aromatic rings. The molecule has 1 N–H and O–H groups in total. The van der Waals surface area contributed by atoms with E-state index in [1.165, 1.54) is 38.2 Å². The molecule has 1 saturated heterocycles. The number of aryl methyl sites for hydroxylation is 2. The lowest BCUT2D eigenvalue weighted by atomic mass is 9.93. The molecule has 0 amide bonds. The van der Waals surface area contributed by atoms with Crippen molar-refractivity contribution in [2.24, 2.45) is 13.0 Å². The van der Waals surface area contributed by atoms with Crippen molar-refractivity contribution < 1.29 is 0 Å². The van der Waals surface area contributed by atoms with Gasteiger partial charge in [0, 0.05) is 19.7 Å². The molecule has 0 radical (unpaired) electrons. The highest BCUT2D eigenvalue weighted by atomic mass is 15.1. The smallest absolute Gasteiger partial charge is 0.109 e. The van der Waals surface area contributed by atoms with Crippen LogP contribution >= 0.6 is 0 Å². The Labute approximate surface area is 107 Å². The van der Waals surface area contributed by atoms with E-state index in [1.807, 2.05) is 18.5 Å². The largest absolute Gasteiger partial charge is 0.330 e. The Hall–Kier alpha value is -1.42. The lowest BCUT2D eigenvalue weighted by molar-refractivity contribution is 0.351. The van der Waals surface area contributed by atoms with Gasteiger partial charge in [-0.25, -0.2) is 4.98 Å². The quantitative estimate of drug-likeness (QED) is 0.896. The van der Waals surface area contributed by atoms with Crippen LogP contribution in [-0.2, 0) is 13.5 Å². The van der Waals surface area contributed by atoms with E-state index in [0.29, 0.717) is 0 Å². The first-order valence-corrected chi connectivity index (χ1v) is 6.80. The molecule has 0 spiro atoms. The number of hydrogen-bond acceptors (Lipinski definition) is 3. The molecule has 1 fully saturated rings. The number of rotatable bonds is 3. The molecule has 0 aromatic carbocycles. The van der Waals surface area contributed by atoms with E-state index >= 15 is 0 Å². The van der Waals surface area contributed by atoms with Gasteiger partial charge in [0.05, 0.1) is 17.2 Å². The second kappa shape index (κ2) is 5.06. The second-order valence-corrected chi connectivity index (χ2v) is 5.18. The molecule has 0 bridgehead atoms. The average Bonchev–Trinajstić information content (AvgIpc) is 2.75. The molecular formula is C14H20N4. The first-order valence-electron chi connectivity index (χ1n) is 6.80. The van der Waals surface area contributed by atoms with Gasteiger partial charge in [0.1, 0.15) is 5.82 Å². The fourth-order valence-electron chi connectivity index (χ4n) is 2.81. The standard InChI is InChI=1S/C14H20N4/c1-18-13-10-16-9-6-12(13)17-14(18)3-2-11-4-7-15-8-5-11/h6,9-11,15H,2-5,7-8H2,1H3. The molecule has 0 unspecified atom stereocenters. The minimum absolute atomic E-state index is 0.865. The molecular weight excluding hydrogens is 224 g/mol. The van der Waals surface area contributed by atoms with Gasteiger partial charge < -0.3 is 9.88 Å². The fraction of sp³-hybridized carbons (Fsp3) is 0.571. The summed E-state index contributed by atoms with van der Waals surface area (Å²) >= 11 is 0. The minimum Gasteiger partial charge on any atom is -0.330 e. The van der Waals surface area contributed by atoms with Crippen molar-refractivity contribution in [2.75, 3.05) is 13.1 Å². The Bertz CT molecular complexity index is 526. The van der Waals surface area contributed by atoms with Crippen molar-refractivity contribution in [1.82, 2.24) is 19.9 Å². The molecule has 3 heterocycles. The molecule has 1 aliphatic rings. The van der Waals surface area contributed by atoms with E-state index in [9.17, 15) is 0 Å². The molecule has 0 atom stereocenters. The van der Waals surface area contributed by atoms with E-state index in [0.717, 1.165) is 23.4 Å². The third-order valence-electron chi connectivity index (χ3n) is 4.01. The van der Waals surface area contributed by atoms with Crippen LogP contribution in [0, 0.1) is 5.92 Å². The maximum absolute atomic E-state index is 4.70. The van der Waals surface area contributed by atoms with Gasteiger partial charge in [-0.2, -0.15) is 0 Å². The summed E-state index contributed by atoms with van der Waals surface area (Å²) in [6.45, 7) is 2.36. The monoisotopic (exact) mass is 244 g/mol. The summed E-state index contributed by atoms with van der Waals surface area (Å²) < 4.78 is 2.18. The summed E-state index contributed by atoms with van der Waals surface area (Å²) in [4.78, 5) is 8.87. The van der Waals surface area contributed by atoms with Crippen molar-refractivity contribution in [1.29, 1.82) is 0 Å². The highest BCUT2D eigenvalue weighted by Gasteiger charge is 2.14. The van der Waals surface area contributed by atoms with Gasteiger partial charge in [0.2, 0.25) is 0 Å². The van der Waals surface area contributed by atoms with Crippen LogP contribution in [0.15, 0.2) is 18.5 Å². The lowest BCUT2D eigenvalue weighted by Gasteiger charge is -2.22. The van der Waals surface area contributed by atoms with Gasteiger partial charge in [0.25, 0.3) is 0 Å². The summed E-state index contributed by atoms with van der Waals surface area (Å²) in [7, 11) is 2.09. The Morgan fingerprint density at radius 3 is 3.00 bits per heavy atom. The maximum atomic E-state index is 4.70. The zero-order chi connectivity index (χ0) is 12.4. The van der Waals surface area contributed by atoms with Crippen molar-refractivity contribution >= 4 is 11.0 Å². The zero-order valence-electron chi connectivity index (χ0n) is 10.9. The van der Waals surface area contributed by atoms with Crippen LogP contribution in [0.5, 0.6) is 0 Å². The number of hydrogen-bond donors (Lipinski definition) is 1. The number of fused-ring (bicyclic) bond motifs is 1. The first-order chi connectivity index (χ1) is 8.84. The van der Waals surface area contributed by atoms with Crippen molar-refractivity contribution in [3.05, 3.63) is 24.3 Å². The van der Waals surface area contributed by atoms with Crippen molar-refractivity contribution in [3.8, 4) is 0 Å². The molecule has 18 heavy (non-hydrogen) atoms. The summed E-state index contributed by atoms with van der Waals surface area (Å²) in [6.07, 6.45) is 8.67. The van der Waals surface area contributed by atoms with Crippen LogP contribution in [-0.4, -0.2) is 27.6 Å². The van der Waals surface area contributed by atoms with Crippen LogP contribution in [0.4, 0.5) is 0 Å². The van der Waals surface area contributed by atoms with Crippen molar-refractivity contribution in [2.45, 2.75) is 25.7 Å². The number of piperidine rings is 1. The SMILES string of the molecule is Cn1c(CCC2CCNCC2)nc2ccncc21. The zero-order valence-corrected chi connectivity index (χ0v) is 10.9. The third kappa shape index (κ3) is 2.25. The van der Waals surface area contributed by atoms with E-state index in [-0.39, 0.29) is 0 Å². The second-order valence-electron chi connectivity index (χ2n) is 5.18. The molecule has 0 aliphatic carbocycles. The van der Waals surface area contributed by atoms with Gasteiger partial charge in [-0.3, -0.25) is 4.98 Å². The predicted octanol–water partition coefficient (Wildman–Crippen LogP) is 1.90. The van der Waals surface area contributed by atoms with Gasteiger partial charge in [-0.15, -0.1) is 0 Å². The molecule has 3 rings (SSSR count). The van der Waals surface area contributed by atoms with Crippen molar-refractivity contribution in [3.63, 3.8) is 0 Å². The summed E-state index contributed by atoms with van der Waals surface area (Å²) in [5, 5.41) is 3.42. The fourth-order valence-corrected chi connectivity index (χ4v) is 2.81. The van der Waals surface area contributed by atoms with Gasteiger partial charge in [-0.05, 0) is 44.3 Å². The van der Waals surface area contributed by atoms with E-state index < -0.39 is 0 Å². The minimum atomic E-state index is 0.865. The van der Waals surface area contributed by atoms with Crippen LogP contribution < -0.4 is 5.32 Å². The highest BCUT2D eigenvalue weighted by molar-refractivity contribution is 5.74. The number of nitrogens with zero attached hydrogens (tertiary/aromatic N) is 3. The topological polar surface area (TPSA) is 42.7 Å². The van der Waals surface area contributed by atoms with Crippen LogP contribution in [0.2, 0.25) is 0 Å². The molecule has 2 aromatic heterocycles. The summed E-state index contributed by atoms with van der Waals surface area (Å²) in [6, 6.07) is 1.99. The third-order valence-corrected chi connectivity index (χ3v) is 4.01. The number of aromatic nitrogens is 3. The first kappa shape index (κ1) is 11.7. The molecule has 96 valence electrons. The Balaban J connectivity index is 1.72. The number of nitrogens with one attached hydrogen (secondary N) is 1. The Kier molecular flexibility index (Phi) is 3.28. The van der Waals surface area contributed by atoms with Crippen LogP contribution in [0.3, 0.4) is 0 Å². The van der Waals surface area contributed by atoms with E-state index in [4.69, 9.17) is 4.98 Å². The predicted molar refractivity (Wildman–Crippen MR) is 72.4 cm³/mol. The van der Waals surface area contributed by atoms with Gasteiger partial charge in [-0.1, -0.05) is 0 Å². The maximum Gasteiger partial charge on any atom is 0.109 e. The molecule has 4 nitrogen and oxygen atoms in total. The van der Waals surface area contributed by atoms with Crippen LogP contribution in [0.25, 0.3) is 11.0 Å². The lowest BCUT2D eigenvalue weighted by Crippen LogP contribution is -2.28. The van der Waals surface area contributed by atoms with Gasteiger partial charge >= 0.3 is 0 Å². The average molecular weight is 244 g/mol. The molecule has 1 aliphatic heterocycles. The highest BCUT2D eigenvalue weighted by Crippen LogP contribution is 2.20. The Morgan fingerprint density at radius 2 is 2.22 bits per heavy atom. The van der Waals surface area contributed by atoms with Gasteiger partial charge in [0.15, 0.2) is 0 Å². The van der Waals surface area contributed by atoms with E-state index in [1.54, 1.807) is 0 Å². The van der Waals surface area contributed by atoms with E-state index in [2.05, 4.69) is 21.9 Å². The number of imidazole rings is 1.